The molecule has 0 aliphatic carbocycles. The van der Waals surface area contributed by atoms with E-state index in [0.29, 0.717) is 25.3 Å². The van der Waals surface area contributed by atoms with Gasteiger partial charge in [0.25, 0.3) is 0 Å². The number of methoxy groups -OCH3 is 1. The van der Waals surface area contributed by atoms with Crippen LogP contribution >= 0.6 is 12.4 Å². The van der Waals surface area contributed by atoms with Gasteiger partial charge in [-0.3, -0.25) is 0 Å². The predicted molar refractivity (Wildman–Crippen MR) is 78.3 cm³/mol. The summed E-state index contributed by atoms with van der Waals surface area (Å²) in [6, 6.07) is 4.03. The van der Waals surface area contributed by atoms with Gasteiger partial charge in [0.15, 0.2) is 0 Å². The third-order valence-electron chi connectivity index (χ3n) is 2.45. The molecule has 0 aliphatic rings. The first-order chi connectivity index (χ1) is 8.97. The fourth-order valence-corrected chi connectivity index (χ4v) is 2.56. The predicted octanol–water partition coefficient (Wildman–Crippen LogP) is 1.07. The third-order valence-corrected chi connectivity index (χ3v) is 3.95. The summed E-state index contributed by atoms with van der Waals surface area (Å²) in [5.74, 6) is -0.736. The van der Waals surface area contributed by atoms with Gasteiger partial charge < -0.3 is 10.1 Å². The summed E-state index contributed by atoms with van der Waals surface area (Å²) in [7, 11) is -2.21. The topological polar surface area (TPSA) is 67.4 Å². The zero-order valence-corrected chi connectivity index (χ0v) is 13.1. The SMILES string of the molecule is COCCNCCNS(=O)(=O)c1ccc(C)cc1F.Cl. The molecular formula is C12H20ClFN2O3S. The lowest BCUT2D eigenvalue weighted by molar-refractivity contribution is 0.199. The number of hydrogen-bond acceptors (Lipinski definition) is 4. The van der Waals surface area contributed by atoms with Gasteiger partial charge in [-0.25, -0.2) is 17.5 Å². The zero-order chi connectivity index (χ0) is 14.3. The van der Waals surface area contributed by atoms with E-state index in [4.69, 9.17) is 4.74 Å². The van der Waals surface area contributed by atoms with Crippen molar-refractivity contribution in [2.24, 2.45) is 0 Å². The van der Waals surface area contributed by atoms with Crippen molar-refractivity contribution in [1.82, 2.24) is 10.0 Å². The Morgan fingerprint density at radius 2 is 1.95 bits per heavy atom. The van der Waals surface area contributed by atoms with Gasteiger partial charge in [0, 0.05) is 26.7 Å². The Bertz CT molecular complexity index is 511. The molecule has 0 saturated carbocycles. The molecule has 0 bridgehead atoms. The van der Waals surface area contributed by atoms with Gasteiger partial charge in [-0.2, -0.15) is 0 Å². The molecule has 1 aromatic carbocycles. The molecule has 0 heterocycles. The van der Waals surface area contributed by atoms with Crippen LogP contribution in [0, 0.1) is 12.7 Å². The average molecular weight is 327 g/mol. The average Bonchev–Trinajstić information content (AvgIpc) is 2.33. The largest absolute Gasteiger partial charge is 0.383 e. The van der Waals surface area contributed by atoms with E-state index in [1.165, 1.54) is 12.1 Å². The lowest BCUT2D eigenvalue weighted by Gasteiger charge is -2.08. The molecule has 0 amide bonds. The molecule has 0 spiro atoms. The number of halogens is 2. The Kier molecular flexibility index (Phi) is 8.91. The summed E-state index contributed by atoms with van der Waals surface area (Å²) in [6.45, 7) is 3.54. The monoisotopic (exact) mass is 326 g/mol. The summed E-state index contributed by atoms with van der Waals surface area (Å²) in [5, 5.41) is 2.99. The van der Waals surface area contributed by atoms with Crippen LogP contribution in [0.3, 0.4) is 0 Å². The number of benzene rings is 1. The van der Waals surface area contributed by atoms with Crippen LogP contribution in [-0.2, 0) is 14.8 Å². The van der Waals surface area contributed by atoms with Gasteiger partial charge in [-0.1, -0.05) is 6.07 Å². The maximum absolute atomic E-state index is 13.6. The van der Waals surface area contributed by atoms with E-state index in [9.17, 15) is 12.8 Å². The minimum atomic E-state index is -3.80. The van der Waals surface area contributed by atoms with Crippen molar-refractivity contribution in [1.29, 1.82) is 0 Å². The Morgan fingerprint density at radius 3 is 2.55 bits per heavy atom. The van der Waals surface area contributed by atoms with Crippen LogP contribution in [0.2, 0.25) is 0 Å². The van der Waals surface area contributed by atoms with Crippen LogP contribution < -0.4 is 10.0 Å². The van der Waals surface area contributed by atoms with Crippen LogP contribution in [0.25, 0.3) is 0 Å². The Balaban J connectivity index is 0.00000361. The first kappa shape index (κ1) is 19.3. The third kappa shape index (κ3) is 6.15. The first-order valence-electron chi connectivity index (χ1n) is 5.93. The van der Waals surface area contributed by atoms with Gasteiger partial charge in [0.2, 0.25) is 10.0 Å². The molecule has 0 fully saturated rings. The Hall–Kier alpha value is -0.730. The van der Waals surface area contributed by atoms with Crippen LogP contribution in [0.5, 0.6) is 0 Å². The van der Waals surface area contributed by atoms with Crippen LogP contribution in [0.15, 0.2) is 23.1 Å². The van der Waals surface area contributed by atoms with E-state index >= 15 is 0 Å². The summed E-state index contributed by atoms with van der Waals surface area (Å²) < 4.78 is 44.4. The van der Waals surface area contributed by atoms with E-state index in [0.717, 1.165) is 0 Å². The summed E-state index contributed by atoms with van der Waals surface area (Å²) in [5.41, 5.74) is 0.678. The highest BCUT2D eigenvalue weighted by molar-refractivity contribution is 7.89. The number of hydrogen-bond donors (Lipinski definition) is 2. The normalized spacial score (nSPS) is 11.2. The quantitative estimate of drug-likeness (QED) is 0.701. The standard InChI is InChI=1S/C12H19FN2O3S.ClH/c1-10-3-4-12(11(13)9-10)19(16,17)15-6-5-14-7-8-18-2;/h3-4,9,14-15H,5-8H2,1-2H3;1H. The minimum absolute atomic E-state index is 0. The number of ether oxygens (including phenoxy) is 1. The van der Waals surface area contributed by atoms with E-state index in [-0.39, 0.29) is 23.8 Å². The number of nitrogens with one attached hydrogen (secondary N) is 2. The smallest absolute Gasteiger partial charge is 0.243 e. The van der Waals surface area contributed by atoms with Gasteiger partial charge in [0.05, 0.1) is 6.61 Å². The second-order valence-corrected chi connectivity index (χ2v) is 5.81. The molecule has 5 nitrogen and oxygen atoms in total. The molecule has 2 N–H and O–H groups in total. The number of sulfonamides is 1. The molecule has 116 valence electrons. The number of aryl methyl sites for hydroxylation is 1. The van der Waals surface area contributed by atoms with E-state index in [1.807, 2.05) is 0 Å². The van der Waals surface area contributed by atoms with Gasteiger partial charge in [-0.05, 0) is 24.6 Å². The van der Waals surface area contributed by atoms with Gasteiger partial charge >= 0.3 is 0 Å². The molecule has 1 aromatic rings. The lowest BCUT2D eigenvalue weighted by atomic mass is 10.2. The van der Waals surface area contributed by atoms with Crippen LogP contribution in [0.1, 0.15) is 5.56 Å². The second kappa shape index (κ2) is 9.25. The van der Waals surface area contributed by atoms with E-state index < -0.39 is 15.8 Å². The van der Waals surface area contributed by atoms with Crippen molar-refractivity contribution < 1.29 is 17.5 Å². The van der Waals surface area contributed by atoms with Gasteiger partial charge in [0.1, 0.15) is 10.7 Å². The molecule has 0 aromatic heterocycles. The second-order valence-electron chi connectivity index (χ2n) is 4.07. The molecule has 0 saturated heterocycles. The Labute approximate surface area is 125 Å². The van der Waals surface area contributed by atoms with Crippen molar-refractivity contribution in [3.8, 4) is 0 Å². The summed E-state index contributed by atoms with van der Waals surface area (Å²) in [4.78, 5) is -0.324. The number of rotatable bonds is 8. The van der Waals surface area contributed by atoms with Gasteiger partial charge in [-0.15, -0.1) is 12.4 Å². The molecule has 0 atom stereocenters. The van der Waals surface area contributed by atoms with Crippen molar-refractivity contribution >= 4 is 22.4 Å². The molecule has 20 heavy (non-hydrogen) atoms. The van der Waals surface area contributed by atoms with Crippen LogP contribution in [-0.4, -0.2) is 41.8 Å². The maximum atomic E-state index is 13.6. The molecule has 1 rings (SSSR count). The highest BCUT2D eigenvalue weighted by atomic mass is 35.5. The van der Waals surface area contributed by atoms with E-state index in [2.05, 4.69) is 10.0 Å². The Morgan fingerprint density at radius 1 is 1.25 bits per heavy atom. The molecule has 8 heteroatoms. The fourth-order valence-electron chi connectivity index (χ4n) is 1.47. The van der Waals surface area contributed by atoms with Crippen LogP contribution in [0.4, 0.5) is 4.39 Å². The molecule has 0 unspecified atom stereocenters. The lowest BCUT2D eigenvalue weighted by Crippen LogP contribution is -2.33. The van der Waals surface area contributed by atoms with E-state index in [1.54, 1.807) is 20.1 Å². The molecule has 0 aliphatic heterocycles. The van der Waals surface area contributed by atoms with Crippen molar-refractivity contribution in [2.45, 2.75) is 11.8 Å². The highest BCUT2D eigenvalue weighted by Crippen LogP contribution is 2.15. The summed E-state index contributed by atoms with van der Waals surface area (Å²) >= 11 is 0. The van der Waals surface area contributed by atoms with Crippen molar-refractivity contribution in [3.05, 3.63) is 29.6 Å². The molecule has 0 radical (unpaired) electrons. The first-order valence-corrected chi connectivity index (χ1v) is 7.41. The summed E-state index contributed by atoms with van der Waals surface area (Å²) in [6.07, 6.45) is 0. The van der Waals surface area contributed by atoms with Crippen molar-refractivity contribution in [2.75, 3.05) is 33.4 Å². The molecular weight excluding hydrogens is 307 g/mol. The maximum Gasteiger partial charge on any atom is 0.243 e. The highest BCUT2D eigenvalue weighted by Gasteiger charge is 2.17. The zero-order valence-electron chi connectivity index (χ0n) is 11.5. The minimum Gasteiger partial charge on any atom is -0.383 e. The van der Waals surface area contributed by atoms with Crippen molar-refractivity contribution in [3.63, 3.8) is 0 Å². The fraction of sp³-hybridized carbons (Fsp3) is 0.500.